The summed E-state index contributed by atoms with van der Waals surface area (Å²) in [6.07, 6.45) is 1.04. The zero-order valence-corrected chi connectivity index (χ0v) is 14.4. The smallest absolute Gasteiger partial charge is 0.159 e. The number of thiophene rings is 1. The molecule has 4 rings (SSSR count). The summed E-state index contributed by atoms with van der Waals surface area (Å²) in [6, 6.07) is 7.73. The van der Waals surface area contributed by atoms with Gasteiger partial charge in [0.25, 0.3) is 0 Å². The molecule has 116 valence electrons. The summed E-state index contributed by atoms with van der Waals surface area (Å²) in [7, 11) is 0. The van der Waals surface area contributed by atoms with Crippen molar-refractivity contribution in [2.75, 3.05) is 0 Å². The molecule has 0 spiro atoms. The van der Waals surface area contributed by atoms with Gasteiger partial charge in [0, 0.05) is 21.9 Å². The largest absolute Gasteiger partial charge is 0.295 e. The second-order valence-electron chi connectivity index (χ2n) is 6.04. The monoisotopic (exact) mass is 342 g/mol. The fourth-order valence-corrected chi connectivity index (χ4v) is 4.30. The summed E-state index contributed by atoms with van der Waals surface area (Å²) in [4.78, 5) is 21.7. The molecule has 2 atom stereocenters. The van der Waals surface area contributed by atoms with E-state index in [2.05, 4.69) is 21.4 Å². The topological polar surface area (TPSA) is 42.9 Å². The molecule has 2 heterocycles. The van der Waals surface area contributed by atoms with Crippen molar-refractivity contribution in [1.29, 1.82) is 0 Å². The molecule has 5 heteroatoms. The van der Waals surface area contributed by atoms with Crippen molar-refractivity contribution in [2.24, 2.45) is 0 Å². The van der Waals surface area contributed by atoms with Crippen LogP contribution in [0.25, 0.3) is 10.2 Å². The number of halogens is 1. The first kappa shape index (κ1) is 14.8. The van der Waals surface area contributed by atoms with Crippen LogP contribution in [-0.2, 0) is 0 Å². The highest BCUT2D eigenvalue weighted by molar-refractivity contribution is 7.16. The van der Waals surface area contributed by atoms with Crippen LogP contribution in [0.15, 0.2) is 29.6 Å². The van der Waals surface area contributed by atoms with Crippen molar-refractivity contribution in [3.8, 4) is 0 Å². The van der Waals surface area contributed by atoms with Crippen molar-refractivity contribution in [3.63, 3.8) is 0 Å². The number of benzene rings is 1. The first-order chi connectivity index (χ1) is 11.0. The Labute approximate surface area is 143 Å². The van der Waals surface area contributed by atoms with E-state index in [4.69, 9.17) is 11.6 Å². The van der Waals surface area contributed by atoms with Crippen molar-refractivity contribution >= 4 is 38.9 Å². The number of nitrogens with zero attached hydrogens (tertiary/aromatic N) is 2. The van der Waals surface area contributed by atoms with Crippen molar-refractivity contribution in [1.82, 2.24) is 9.97 Å². The Hall–Kier alpha value is -1.78. The van der Waals surface area contributed by atoms with Gasteiger partial charge >= 0.3 is 0 Å². The molecule has 3 aromatic rings. The Morgan fingerprint density at radius 1 is 1.26 bits per heavy atom. The van der Waals surface area contributed by atoms with Gasteiger partial charge in [-0.3, -0.25) is 4.79 Å². The zero-order valence-electron chi connectivity index (χ0n) is 12.8. The number of ketones is 1. The van der Waals surface area contributed by atoms with Crippen LogP contribution in [0.3, 0.4) is 0 Å². The molecule has 0 unspecified atom stereocenters. The normalized spacial score (nSPS) is 20.0. The highest BCUT2D eigenvalue weighted by Gasteiger charge is 2.42. The molecule has 3 nitrogen and oxygen atoms in total. The van der Waals surface area contributed by atoms with Gasteiger partial charge in [-0.2, -0.15) is 0 Å². The first-order valence-electron chi connectivity index (χ1n) is 7.56. The van der Waals surface area contributed by atoms with Crippen LogP contribution in [0, 0.1) is 6.92 Å². The zero-order chi connectivity index (χ0) is 16.1. The van der Waals surface area contributed by atoms with Crippen LogP contribution >= 0.6 is 22.9 Å². The van der Waals surface area contributed by atoms with Gasteiger partial charge in [-0.05, 0) is 49.3 Å². The summed E-state index contributed by atoms with van der Waals surface area (Å²) in [5.41, 5.74) is 2.90. The molecule has 0 bridgehead atoms. The molecule has 0 radical (unpaired) electrons. The van der Waals surface area contributed by atoms with Crippen LogP contribution in [0.5, 0.6) is 0 Å². The van der Waals surface area contributed by atoms with E-state index in [0.29, 0.717) is 22.4 Å². The number of carbonyl (C=O) groups excluding carboxylic acids is 1. The highest BCUT2D eigenvalue weighted by Crippen LogP contribution is 2.56. The van der Waals surface area contributed by atoms with Crippen LogP contribution in [-0.4, -0.2) is 15.8 Å². The molecule has 0 aliphatic heterocycles. The van der Waals surface area contributed by atoms with E-state index in [0.717, 1.165) is 33.7 Å². The maximum atomic E-state index is 11.5. The van der Waals surface area contributed by atoms with Crippen LogP contribution in [0.2, 0.25) is 5.02 Å². The summed E-state index contributed by atoms with van der Waals surface area (Å²) in [6.45, 7) is 3.50. The Kier molecular flexibility index (Phi) is 3.47. The van der Waals surface area contributed by atoms with Crippen LogP contribution in [0.1, 0.15) is 52.6 Å². The number of aryl methyl sites for hydroxylation is 1. The average molecular weight is 343 g/mol. The van der Waals surface area contributed by atoms with E-state index in [1.54, 1.807) is 24.3 Å². The molecule has 1 aromatic carbocycles. The van der Waals surface area contributed by atoms with Gasteiger partial charge in [-0.25, -0.2) is 9.97 Å². The third-order valence-corrected chi connectivity index (χ3v) is 5.55. The van der Waals surface area contributed by atoms with Crippen LogP contribution < -0.4 is 0 Å². The summed E-state index contributed by atoms with van der Waals surface area (Å²) in [5, 5.41) is 3.90. The van der Waals surface area contributed by atoms with E-state index < -0.39 is 0 Å². The molecular formula is C18H15ClN2OS. The third kappa shape index (κ3) is 2.56. The van der Waals surface area contributed by atoms with E-state index in [1.165, 1.54) is 0 Å². The third-order valence-electron chi connectivity index (χ3n) is 4.41. The molecule has 1 aliphatic carbocycles. The standard InChI is InChI=1S/C18H15ClN2OS/c1-9(22)11-3-4-12(16(19)7-11)14-8-15(14)17-13-5-6-23-18(13)21-10(2)20-17/h3-7,14-15H,8H2,1-2H3/t14-,15+/m1/s1. The summed E-state index contributed by atoms with van der Waals surface area (Å²) < 4.78 is 0. The number of Topliss-reactive ketones (excluding diaryl/α,β-unsaturated/α-hetero) is 1. The fraction of sp³-hybridized carbons (Fsp3) is 0.278. The van der Waals surface area contributed by atoms with Crippen LogP contribution in [0.4, 0.5) is 0 Å². The molecule has 23 heavy (non-hydrogen) atoms. The number of carbonyl (C=O) groups is 1. The SMILES string of the molecule is CC(=O)c1ccc([C@H]2C[C@@H]2c2nc(C)nc3sccc23)c(Cl)c1. The minimum absolute atomic E-state index is 0.0391. The summed E-state index contributed by atoms with van der Waals surface area (Å²) >= 11 is 8.06. The number of hydrogen-bond donors (Lipinski definition) is 0. The Bertz CT molecular complexity index is 934. The van der Waals surface area contributed by atoms with Gasteiger partial charge < -0.3 is 0 Å². The quantitative estimate of drug-likeness (QED) is 0.620. The highest BCUT2D eigenvalue weighted by atomic mass is 35.5. The lowest BCUT2D eigenvalue weighted by Gasteiger charge is -2.07. The number of aromatic nitrogens is 2. The van der Waals surface area contributed by atoms with Gasteiger partial charge in [0.05, 0.1) is 5.69 Å². The Morgan fingerprint density at radius 3 is 2.83 bits per heavy atom. The molecule has 0 amide bonds. The Balaban J connectivity index is 1.70. The number of rotatable bonds is 3. The second-order valence-corrected chi connectivity index (χ2v) is 7.34. The van der Waals surface area contributed by atoms with E-state index in [1.807, 2.05) is 19.1 Å². The lowest BCUT2D eigenvalue weighted by Crippen LogP contribution is -1.96. The average Bonchev–Trinajstić information content (AvgIpc) is 3.15. The molecule has 1 saturated carbocycles. The van der Waals surface area contributed by atoms with Gasteiger partial charge in [-0.1, -0.05) is 23.7 Å². The lowest BCUT2D eigenvalue weighted by atomic mass is 10.0. The van der Waals surface area contributed by atoms with Crippen molar-refractivity contribution < 1.29 is 4.79 Å². The summed E-state index contributed by atoms with van der Waals surface area (Å²) in [5.74, 6) is 1.62. The minimum Gasteiger partial charge on any atom is -0.295 e. The molecule has 0 N–H and O–H groups in total. The second kappa shape index (κ2) is 5.39. The van der Waals surface area contributed by atoms with E-state index in [9.17, 15) is 4.79 Å². The van der Waals surface area contributed by atoms with Gasteiger partial charge in [0.15, 0.2) is 5.78 Å². The van der Waals surface area contributed by atoms with Gasteiger partial charge in [0.2, 0.25) is 0 Å². The first-order valence-corrected chi connectivity index (χ1v) is 8.82. The van der Waals surface area contributed by atoms with Gasteiger partial charge in [-0.15, -0.1) is 11.3 Å². The minimum atomic E-state index is 0.0391. The Morgan fingerprint density at radius 2 is 2.09 bits per heavy atom. The van der Waals surface area contributed by atoms with Crippen molar-refractivity contribution in [3.05, 3.63) is 57.3 Å². The molecule has 1 aliphatic rings. The van der Waals surface area contributed by atoms with E-state index in [-0.39, 0.29) is 5.78 Å². The number of fused-ring (bicyclic) bond motifs is 1. The molecular weight excluding hydrogens is 328 g/mol. The maximum absolute atomic E-state index is 11.5. The predicted molar refractivity (Wildman–Crippen MR) is 93.7 cm³/mol. The van der Waals surface area contributed by atoms with Gasteiger partial charge in [0.1, 0.15) is 10.7 Å². The fourth-order valence-electron chi connectivity index (χ4n) is 3.16. The molecule has 0 saturated heterocycles. The predicted octanol–water partition coefficient (Wildman–Crippen LogP) is 5.13. The number of hydrogen-bond acceptors (Lipinski definition) is 4. The van der Waals surface area contributed by atoms with E-state index >= 15 is 0 Å². The maximum Gasteiger partial charge on any atom is 0.159 e. The van der Waals surface area contributed by atoms with Crippen molar-refractivity contribution in [2.45, 2.75) is 32.1 Å². The molecule has 2 aromatic heterocycles. The molecule has 1 fully saturated rings. The lowest BCUT2D eigenvalue weighted by molar-refractivity contribution is 0.101.